The van der Waals surface area contributed by atoms with Crippen LogP contribution in [0.15, 0.2) is 36.1 Å². The second kappa shape index (κ2) is 5.92. The van der Waals surface area contributed by atoms with Gasteiger partial charge in [0, 0.05) is 31.0 Å². The fourth-order valence-corrected chi connectivity index (χ4v) is 3.78. The third kappa shape index (κ3) is 2.56. The van der Waals surface area contributed by atoms with E-state index in [1.54, 1.807) is 0 Å². The Labute approximate surface area is 147 Å². The summed E-state index contributed by atoms with van der Waals surface area (Å²) in [7, 11) is 4.10. The van der Waals surface area contributed by atoms with E-state index in [2.05, 4.69) is 34.6 Å². The van der Waals surface area contributed by atoms with Crippen molar-refractivity contribution in [2.45, 2.75) is 26.2 Å². The number of aliphatic imine (C=N–C) groups is 1. The van der Waals surface area contributed by atoms with Gasteiger partial charge in [0.1, 0.15) is 11.7 Å². The average Bonchev–Trinajstić information content (AvgIpc) is 3.27. The highest BCUT2D eigenvalue weighted by Gasteiger charge is 2.22. The standard InChI is InChI=1S/C20H23N5/c1-5-15-16-7-6-8-18(16)25(4)20(15)23-13(2)22-14-9-10-17-19(11-14)24(3)12-21-17/h5,9-12H,1,6-8H2,2-4H3,(H,22,23). The minimum absolute atomic E-state index is 0.865. The molecule has 0 fully saturated rings. The van der Waals surface area contributed by atoms with Gasteiger partial charge >= 0.3 is 0 Å². The summed E-state index contributed by atoms with van der Waals surface area (Å²) in [5.74, 6) is 1.86. The molecule has 0 saturated carbocycles. The second-order valence-electron chi connectivity index (χ2n) is 6.66. The van der Waals surface area contributed by atoms with Gasteiger partial charge in [-0.2, -0.15) is 0 Å². The number of nitrogens with one attached hydrogen (secondary N) is 1. The molecule has 5 nitrogen and oxygen atoms in total. The van der Waals surface area contributed by atoms with Crippen molar-refractivity contribution in [2.75, 3.05) is 5.32 Å². The van der Waals surface area contributed by atoms with Crippen LogP contribution < -0.4 is 5.32 Å². The predicted octanol–water partition coefficient (Wildman–Crippen LogP) is 4.21. The third-order valence-corrected chi connectivity index (χ3v) is 5.01. The molecule has 0 saturated heterocycles. The summed E-state index contributed by atoms with van der Waals surface area (Å²) < 4.78 is 4.24. The second-order valence-corrected chi connectivity index (χ2v) is 6.66. The summed E-state index contributed by atoms with van der Waals surface area (Å²) in [6.45, 7) is 6.00. The number of amidine groups is 1. The molecule has 0 amide bonds. The van der Waals surface area contributed by atoms with Gasteiger partial charge in [0.2, 0.25) is 0 Å². The number of aryl methyl sites for hydroxylation is 1. The van der Waals surface area contributed by atoms with E-state index in [1.807, 2.05) is 43.1 Å². The number of benzene rings is 1. The van der Waals surface area contributed by atoms with Crippen molar-refractivity contribution in [3.05, 3.63) is 47.9 Å². The Balaban J connectivity index is 1.67. The van der Waals surface area contributed by atoms with Gasteiger partial charge in [0.25, 0.3) is 0 Å². The molecule has 0 bridgehead atoms. The first-order chi connectivity index (χ1) is 12.1. The van der Waals surface area contributed by atoms with Crippen LogP contribution in [-0.2, 0) is 26.9 Å². The van der Waals surface area contributed by atoms with Gasteiger partial charge < -0.3 is 14.5 Å². The zero-order valence-corrected chi connectivity index (χ0v) is 15.0. The highest BCUT2D eigenvalue weighted by Crippen LogP contribution is 2.36. The van der Waals surface area contributed by atoms with Crippen LogP contribution in [-0.4, -0.2) is 20.0 Å². The van der Waals surface area contributed by atoms with E-state index in [9.17, 15) is 0 Å². The molecular weight excluding hydrogens is 310 g/mol. The molecule has 0 radical (unpaired) electrons. The fraction of sp³-hybridized carbons (Fsp3) is 0.300. The highest BCUT2D eigenvalue weighted by molar-refractivity contribution is 5.97. The van der Waals surface area contributed by atoms with E-state index < -0.39 is 0 Å². The lowest BCUT2D eigenvalue weighted by Gasteiger charge is -2.09. The van der Waals surface area contributed by atoms with Crippen LogP contribution in [0.5, 0.6) is 0 Å². The van der Waals surface area contributed by atoms with E-state index in [4.69, 9.17) is 4.99 Å². The number of imidazole rings is 1. The fourth-order valence-electron chi connectivity index (χ4n) is 3.78. The van der Waals surface area contributed by atoms with Crippen molar-refractivity contribution in [1.29, 1.82) is 0 Å². The van der Waals surface area contributed by atoms with Crippen LogP contribution >= 0.6 is 0 Å². The zero-order valence-electron chi connectivity index (χ0n) is 15.0. The van der Waals surface area contributed by atoms with Gasteiger partial charge in [-0.25, -0.2) is 9.98 Å². The molecule has 2 aromatic heterocycles. The molecule has 0 unspecified atom stereocenters. The van der Waals surface area contributed by atoms with Crippen LogP contribution in [0.2, 0.25) is 0 Å². The lowest BCUT2D eigenvalue weighted by atomic mass is 10.1. The van der Waals surface area contributed by atoms with E-state index in [0.717, 1.165) is 41.2 Å². The smallest absolute Gasteiger partial charge is 0.142 e. The minimum Gasteiger partial charge on any atom is -0.344 e. The number of fused-ring (bicyclic) bond motifs is 2. The first kappa shape index (κ1) is 15.7. The van der Waals surface area contributed by atoms with Crippen LogP contribution in [0, 0.1) is 0 Å². The Morgan fingerprint density at radius 3 is 2.96 bits per heavy atom. The number of anilines is 1. The molecule has 1 aliphatic rings. The van der Waals surface area contributed by atoms with Crippen molar-refractivity contribution < 1.29 is 0 Å². The van der Waals surface area contributed by atoms with Crippen molar-refractivity contribution >= 4 is 34.5 Å². The average molecular weight is 333 g/mol. The maximum absolute atomic E-state index is 4.85. The first-order valence-corrected chi connectivity index (χ1v) is 8.64. The van der Waals surface area contributed by atoms with E-state index in [-0.39, 0.29) is 0 Å². The van der Waals surface area contributed by atoms with Gasteiger partial charge in [-0.1, -0.05) is 12.7 Å². The topological polar surface area (TPSA) is 47.1 Å². The SMILES string of the molecule is C=Cc1c2c(n(C)c1/N=C(\C)Nc1ccc3ncn(C)c3c1)CCC2. The molecule has 1 aromatic carbocycles. The summed E-state index contributed by atoms with van der Waals surface area (Å²) in [5, 5.41) is 3.40. The quantitative estimate of drug-likeness (QED) is 0.576. The predicted molar refractivity (Wildman–Crippen MR) is 105 cm³/mol. The van der Waals surface area contributed by atoms with E-state index in [0.29, 0.717) is 0 Å². The molecule has 1 aliphatic carbocycles. The number of hydrogen-bond acceptors (Lipinski definition) is 2. The Morgan fingerprint density at radius 1 is 1.32 bits per heavy atom. The van der Waals surface area contributed by atoms with Crippen molar-refractivity contribution in [3.63, 3.8) is 0 Å². The molecule has 0 aliphatic heterocycles. The van der Waals surface area contributed by atoms with E-state index in [1.165, 1.54) is 23.2 Å². The summed E-state index contributed by atoms with van der Waals surface area (Å²) in [6, 6.07) is 6.16. The van der Waals surface area contributed by atoms with Crippen LogP contribution in [0.4, 0.5) is 11.5 Å². The van der Waals surface area contributed by atoms with Crippen LogP contribution in [0.1, 0.15) is 30.2 Å². The summed E-state index contributed by atoms with van der Waals surface area (Å²) in [6.07, 6.45) is 7.26. The molecule has 0 spiro atoms. The summed E-state index contributed by atoms with van der Waals surface area (Å²) in [5.41, 5.74) is 7.11. The normalized spacial score (nSPS) is 14.1. The lowest BCUT2D eigenvalue weighted by molar-refractivity contribution is 0.810. The molecule has 5 heteroatoms. The van der Waals surface area contributed by atoms with E-state index >= 15 is 0 Å². The first-order valence-electron chi connectivity index (χ1n) is 8.64. The van der Waals surface area contributed by atoms with Gasteiger partial charge in [-0.3, -0.25) is 0 Å². The van der Waals surface area contributed by atoms with Crippen LogP contribution in [0.3, 0.4) is 0 Å². The Bertz CT molecular complexity index is 1000. The van der Waals surface area contributed by atoms with Crippen LogP contribution in [0.25, 0.3) is 17.1 Å². The zero-order chi connectivity index (χ0) is 17.6. The van der Waals surface area contributed by atoms with Crippen molar-refractivity contribution in [2.24, 2.45) is 19.1 Å². The minimum atomic E-state index is 0.865. The monoisotopic (exact) mass is 333 g/mol. The van der Waals surface area contributed by atoms with Gasteiger partial charge in [0.05, 0.1) is 17.4 Å². The maximum atomic E-state index is 4.85. The number of rotatable bonds is 3. The Hall–Kier alpha value is -2.82. The Morgan fingerprint density at radius 2 is 2.16 bits per heavy atom. The largest absolute Gasteiger partial charge is 0.344 e. The third-order valence-electron chi connectivity index (χ3n) is 5.01. The lowest BCUT2D eigenvalue weighted by Crippen LogP contribution is -2.07. The molecule has 1 N–H and O–H groups in total. The summed E-state index contributed by atoms with van der Waals surface area (Å²) >= 11 is 0. The number of aromatic nitrogens is 3. The van der Waals surface area contributed by atoms with Gasteiger partial charge in [-0.05, 0) is 49.9 Å². The maximum Gasteiger partial charge on any atom is 0.142 e. The number of hydrogen-bond donors (Lipinski definition) is 1. The Kier molecular flexibility index (Phi) is 3.71. The molecule has 2 heterocycles. The number of nitrogens with zero attached hydrogens (tertiary/aromatic N) is 4. The van der Waals surface area contributed by atoms with Gasteiger partial charge in [-0.15, -0.1) is 0 Å². The molecule has 25 heavy (non-hydrogen) atoms. The molecular formula is C20H23N5. The molecule has 0 atom stereocenters. The molecule has 128 valence electrons. The molecule has 4 rings (SSSR count). The summed E-state index contributed by atoms with van der Waals surface area (Å²) in [4.78, 5) is 9.21. The van der Waals surface area contributed by atoms with Gasteiger partial charge in [0.15, 0.2) is 0 Å². The molecule has 3 aromatic rings. The van der Waals surface area contributed by atoms with Crippen molar-refractivity contribution in [3.8, 4) is 0 Å². The highest BCUT2D eigenvalue weighted by atomic mass is 15.1. The van der Waals surface area contributed by atoms with Crippen molar-refractivity contribution in [1.82, 2.24) is 14.1 Å².